The number of hydrogen-bond acceptors (Lipinski definition) is 2. The Morgan fingerprint density at radius 2 is 1.74 bits per heavy atom. The standard InChI is InChI=1S/C15H12BrNO2/c1-18-11-3-5-12(6-4-11)19-15-9-17-14-7-2-10(16)8-13(14)15/h2-9,17H,1H3. The lowest BCUT2D eigenvalue weighted by Gasteiger charge is -2.05. The van der Waals surface area contributed by atoms with Crippen molar-refractivity contribution in [3.63, 3.8) is 0 Å². The maximum Gasteiger partial charge on any atom is 0.152 e. The molecular weight excluding hydrogens is 306 g/mol. The Morgan fingerprint density at radius 1 is 1.00 bits per heavy atom. The van der Waals surface area contributed by atoms with Crippen LogP contribution >= 0.6 is 15.9 Å². The monoisotopic (exact) mass is 317 g/mol. The van der Waals surface area contributed by atoms with Gasteiger partial charge < -0.3 is 14.5 Å². The number of aromatic amines is 1. The number of hydrogen-bond donors (Lipinski definition) is 1. The van der Waals surface area contributed by atoms with Crippen LogP contribution < -0.4 is 9.47 Å². The number of H-pyrrole nitrogens is 1. The highest BCUT2D eigenvalue weighted by Crippen LogP contribution is 2.32. The van der Waals surface area contributed by atoms with Crippen molar-refractivity contribution in [1.29, 1.82) is 0 Å². The predicted octanol–water partition coefficient (Wildman–Crippen LogP) is 4.73. The molecule has 3 rings (SSSR count). The second-order valence-electron chi connectivity index (χ2n) is 4.12. The molecule has 96 valence electrons. The predicted molar refractivity (Wildman–Crippen MR) is 79.1 cm³/mol. The SMILES string of the molecule is COc1ccc(Oc2c[nH]c3ccc(Br)cc23)cc1. The Bertz CT molecular complexity index is 704. The van der Waals surface area contributed by atoms with Gasteiger partial charge in [-0.15, -0.1) is 0 Å². The molecule has 0 unspecified atom stereocenters. The fourth-order valence-corrected chi connectivity index (χ4v) is 2.28. The number of nitrogens with one attached hydrogen (secondary N) is 1. The Morgan fingerprint density at radius 3 is 2.47 bits per heavy atom. The minimum Gasteiger partial charge on any atom is -0.497 e. The highest BCUT2D eigenvalue weighted by Gasteiger charge is 2.06. The van der Waals surface area contributed by atoms with Crippen LogP contribution in [0.1, 0.15) is 0 Å². The molecule has 0 amide bonds. The molecule has 3 nitrogen and oxygen atoms in total. The molecule has 0 bridgehead atoms. The van der Waals surface area contributed by atoms with Crippen LogP contribution in [0.15, 0.2) is 53.1 Å². The molecule has 0 spiro atoms. The van der Waals surface area contributed by atoms with Crippen molar-refractivity contribution in [3.05, 3.63) is 53.1 Å². The first-order valence-corrected chi connectivity index (χ1v) is 6.64. The van der Waals surface area contributed by atoms with Crippen molar-refractivity contribution >= 4 is 26.8 Å². The normalized spacial score (nSPS) is 10.6. The highest BCUT2D eigenvalue weighted by atomic mass is 79.9. The van der Waals surface area contributed by atoms with E-state index in [9.17, 15) is 0 Å². The molecule has 0 fully saturated rings. The van der Waals surface area contributed by atoms with E-state index in [1.165, 1.54) is 0 Å². The molecule has 0 saturated heterocycles. The van der Waals surface area contributed by atoms with Crippen LogP contribution in [0.4, 0.5) is 0 Å². The largest absolute Gasteiger partial charge is 0.497 e. The summed E-state index contributed by atoms with van der Waals surface area (Å²) in [6, 6.07) is 13.6. The maximum absolute atomic E-state index is 5.88. The summed E-state index contributed by atoms with van der Waals surface area (Å²) in [5.41, 5.74) is 1.05. The van der Waals surface area contributed by atoms with Gasteiger partial charge >= 0.3 is 0 Å². The van der Waals surface area contributed by atoms with Crippen molar-refractivity contribution in [3.8, 4) is 17.2 Å². The molecule has 1 heterocycles. The van der Waals surface area contributed by atoms with Crippen molar-refractivity contribution in [2.75, 3.05) is 7.11 Å². The molecule has 1 aromatic heterocycles. The second kappa shape index (κ2) is 4.97. The Labute approximate surface area is 119 Å². The number of ether oxygens (including phenoxy) is 2. The first kappa shape index (κ1) is 12.1. The molecule has 0 aliphatic rings. The van der Waals surface area contributed by atoms with Crippen LogP contribution in [0.3, 0.4) is 0 Å². The fraction of sp³-hybridized carbons (Fsp3) is 0.0667. The third-order valence-electron chi connectivity index (χ3n) is 2.89. The zero-order valence-corrected chi connectivity index (χ0v) is 11.9. The van der Waals surface area contributed by atoms with Crippen molar-refractivity contribution in [2.45, 2.75) is 0 Å². The smallest absolute Gasteiger partial charge is 0.152 e. The van der Waals surface area contributed by atoms with E-state index in [2.05, 4.69) is 20.9 Å². The molecule has 1 N–H and O–H groups in total. The van der Waals surface area contributed by atoms with E-state index in [-0.39, 0.29) is 0 Å². The second-order valence-corrected chi connectivity index (χ2v) is 5.04. The van der Waals surface area contributed by atoms with E-state index in [0.29, 0.717) is 0 Å². The van der Waals surface area contributed by atoms with Crippen LogP contribution in [0, 0.1) is 0 Å². The van der Waals surface area contributed by atoms with Gasteiger partial charge in [0.1, 0.15) is 11.5 Å². The van der Waals surface area contributed by atoms with Crippen molar-refractivity contribution in [2.24, 2.45) is 0 Å². The third-order valence-corrected chi connectivity index (χ3v) is 3.39. The van der Waals surface area contributed by atoms with E-state index in [0.717, 1.165) is 32.6 Å². The average Bonchev–Trinajstić information content (AvgIpc) is 2.82. The molecule has 0 aliphatic heterocycles. The average molecular weight is 318 g/mol. The van der Waals surface area contributed by atoms with Gasteiger partial charge in [-0.1, -0.05) is 15.9 Å². The highest BCUT2D eigenvalue weighted by molar-refractivity contribution is 9.10. The van der Waals surface area contributed by atoms with Gasteiger partial charge in [-0.3, -0.25) is 0 Å². The molecule has 19 heavy (non-hydrogen) atoms. The Hall–Kier alpha value is -1.94. The van der Waals surface area contributed by atoms with Crippen LogP contribution in [0.25, 0.3) is 10.9 Å². The van der Waals surface area contributed by atoms with Crippen LogP contribution in [-0.4, -0.2) is 12.1 Å². The van der Waals surface area contributed by atoms with Gasteiger partial charge in [-0.2, -0.15) is 0 Å². The lowest BCUT2D eigenvalue weighted by atomic mass is 10.2. The van der Waals surface area contributed by atoms with Gasteiger partial charge in [0.15, 0.2) is 5.75 Å². The van der Waals surface area contributed by atoms with Gasteiger partial charge in [0, 0.05) is 21.6 Å². The number of rotatable bonds is 3. The molecule has 0 aliphatic carbocycles. The number of methoxy groups -OCH3 is 1. The van der Waals surface area contributed by atoms with Crippen LogP contribution in [-0.2, 0) is 0 Å². The van der Waals surface area contributed by atoms with E-state index in [1.54, 1.807) is 7.11 Å². The first-order chi connectivity index (χ1) is 9.26. The summed E-state index contributed by atoms with van der Waals surface area (Å²) in [6.45, 7) is 0. The molecule has 0 radical (unpaired) electrons. The molecular formula is C15H12BrNO2. The molecule has 0 saturated carbocycles. The fourth-order valence-electron chi connectivity index (χ4n) is 1.92. The molecule has 3 aromatic rings. The van der Waals surface area contributed by atoms with E-state index >= 15 is 0 Å². The quantitative estimate of drug-likeness (QED) is 0.757. The Kier molecular flexibility index (Phi) is 3.17. The molecule has 4 heteroatoms. The summed E-state index contributed by atoms with van der Waals surface area (Å²) in [4.78, 5) is 3.19. The lowest BCUT2D eigenvalue weighted by molar-refractivity contribution is 0.413. The minimum atomic E-state index is 0.779. The summed E-state index contributed by atoms with van der Waals surface area (Å²) < 4.78 is 12.0. The van der Waals surface area contributed by atoms with Crippen LogP contribution in [0.2, 0.25) is 0 Å². The summed E-state index contributed by atoms with van der Waals surface area (Å²) >= 11 is 3.47. The van der Waals surface area contributed by atoms with Crippen molar-refractivity contribution in [1.82, 2.24) is 4.98 Å². The van der Waals surface area contributed by atoms with Gasteiger partial charge in [0.05, 0.1) is 7.11 Å². The maximum atomic E-state index is 5.88. The van der Waals surface area contributed by atoms with E-state index in [4.69, 9.17) is 9.47 Å². The number of fused-ring (bicyclic) bond motifs is 1. The Balaban J connectivity index is 1.93. The number of halogens is 1. The summed E-state index contributed by atoms with van der Waals surface area (Å²) in [6.07, 6.45) is 1.86. The summed E-state index contributed by atoms with van der Waals surface area (Å²) in [5.74, 6) is 2.40. The lowest BCUT2D eigenvalue weighted by Crippen LogP contribution is -1.84. The molecule has 0 atom stereocenters. The van der Waals surface area contributed by atoms with Gasteiger partial charge in [-0.05, 0) is 42.5 Å². The zero-order chi connectivity index (χ0) is 13.2. The third kappa shape index (κ3) is 2.44. The van der Waals surface area contributed by atoms with E-state index < -0.39 is 0 Å². The van der Waals surface area contributed by atoms with Crippen molar-refractivity contribution < 1.29 is 9.47 Å². The van der Waals surface area contributed by atoms with Gasteiger partial charge in [-0.25, -0.2) is 0 Å². The van der Waals surface area contributed by atoms with Crippen LogP contribution in [0.5, 0.6) is 17.2 Å². The number of aromatic nitrogens is 1. The van der Waals surface area contributed by atoms with Gasteiger partial charge in [0.25, 0.3) is 0 Å². The van der Waals surface area contributed by atoms with E-state index in [1.807, 2.05) is 48.7 Å². The summed E-state index contributed by atoms with van der Waals surface area (Å²) in [7, 11) is 1.65. The topological polar surface area (TPSA) is 34.2 Å². The summed E-state index contributed by atoms with van der Waals surface area (Å²) in [5, 5.41) is 1.05. The number of benzene rings is 2. The van der Waals surface area contributed by atoms with Gasteiger partial charge in [0.2, 0.25) is 0 Å². The minimum absolute atomic E-state index is 0.779. The first-order valence-electron chi connectivity index (χ1n) is 5.85. The molecule has 2 aromatic carbocycles. The zero-order valence-electron chi connectivity index (χ0n) is 10.3.